The molecule has 0 unspecified atom stereocenters. The van der Waals surface area contributed by atoms with Crippen LogP contribution in [0.15, 0.2) is 10.5 Å². The van der Waals surface area contributed by atoms with Crippen molar-refractivity contribution in [3.63, 3.8) is 0 Å². The number of hydrogen-bond acceptors (Lipinski definition) is 1. The van der Waals surface area contributed by atoms with Crippen molar-refractivity contribution in [2.24, 2.45) is 0 Å². The summed E-state index contributed by atoms with van der Waals surface area (Å²) in [6, 6.07) is 1.89. The molecule has 0 fully saturated rings. The summed E-state index contributed by atoms with van der Waals surface area (Å²) in [5.74, 6) is 0. The maximum absolute atomic E-state index is 6.02. The summed E-state index contributed by atoms with van der Waals surface area (Å²) in [6.07, 6.45) is 0. The molecule has 0 radical (unpaired) electrons. The average Bonchev–Trinajstić information content (AvgIpc) is 2.43. The van der Waals surface area contributed by atoms with Crippen LogP contribution in [0.25, 0.3) is 10.9 Å². The van der Waals surface area contributed by atoms with Gasteiger partial charge in [0, 0.05) is 14.9 Å². The molecule has 0 saturated heterocycles. The van der Waals surface area contributed by atoms with Gasteiger partial charge < -0.3 is 0 Å². The number of benzene rings is 1. The molecule has 0 amide bonds. The SMILES string of the molecule is Cc1c(Cl)cc2[nH]nc(I)c2c1Br. The van der Waals surface area contributed by atoms with E-state index in [1.54, 1.807) is 0 Å². The first kappa shape index (κ1) is 9.73. The molecule has 5 heteroatoms. The Hall–Kier alpha value is 0.190. The first-order valence-corrected chi connectivity index (χ1v) is 5.84. The molecule has 1 aromatic carbocycles. The highest BCUT2D eigenvalue weighted by Gasteiger charge is 2.11. The molecule has 2 rings (SSSR count). The number of nitrogens with one attached hydrogen (secondary N) is 1. The lowest BCUT2D eigenvalue weighted by molar-refractivity contribution is 1.09. The van der Waals surface area contributed by atoms with Gasteiger partial charge in [0.2, 0.25) is 0 Å². The van der Waals surface area contributed by atoms with Crippen molar-refractivity contribution >= 4 is 61.0 Å². The van der Waals surface area contributed by atoms with Crippen LogP contribution in [0.1, 0.15) is 5.56 Å². The largest absolute Gasteiger partial charge is 0.277 e. The number of rotatable bonds is 0. The van der Waals surface area contributed by atoms with Crippen molar-refractivity contribution in [1.82, 2.24) is 10.2 Å². The van der Waals surface area contributed by atoms with Crippen LogP contribution in [0, 0.1) is 10.6 Å². The number of aromatic amines is 1. The summed E-state index contributed by atoms with van der Waals surface area (Å²) in [6.45, 7) is 1.98. The standard InChI is InChI=1S/C8H5BrClIN2/c1-3-4(10)2-5-6(7(3)9)8(11)13-12-5/h2H,1H3,(H,12,13). The summed E-state index contributed by atoms with van der Waals surface area (Å²) in [4.78, 5) is 0. The zero-order valence-electron chi connectivity index (χ0n) is 6.66. The van der Waals surface area contributed by atoms with Gasteiger partial charge in [-0.2, -0.15) is 5.10 Å². The van der Waals surface area contributed by atoms with Crippen molar-refractivity contribution in [3.05, 3.63) is 24.8 Å². The molecule has 2 aromatic rings. The summed E-state index contributed by atoms with van der Waals surface area (Å²) in [5, 5.41) is 8.89. The van der Waals surface area contributed by atoms with Crippen molar-refractivity contribution in [2.45, 2.75) is 6.92 Å². The van der Waals surface area contributed by atoms with E-state index in [0.717, 1.165) is 29.7 Å². The number of aromatic nitrogens is 2. The van der Waals surface area contributed by atoms with E-state index in [-0.39, 0.29) is 0 Å². The molecule has 0 aliphatic rings. The van der Waals surface area contributed by atoms with E-state index in [1.165, 1.54) is 0 Å². The number of nitrogens with zero attached hydrogens (tertiary/aromatic N) is 1. The quantitative estimate of drug-likeness (QED) is 0.700. The Morgan fingerprint density at radius 1 is 1.62 bits per heavy atom. The van der Waals surface area contributed by atoms with Crippen LogP contribution in [0.5, 0.6) is 0 Å². The molecule has 0 spiro atoms. The molecular formula is C8H5BrClIN2. The van der Waals surface area contributed by atoms with E-state index < -0.39 is 0 Å². The summed E-state index contributed by atoms with van der Waals surface area (Å²) >= 11 is 11.7. The van der Waals surface area contributed by atoms with Crippen molar-refractivity contribution < 1.29 is 0 Å². The Kier molecular flexibility index (Phi) is 2.55. The third kappa shape index (κ3) is 1.49. The first-order chi connectivity index (χ1) is 6.11. The van der Waals surface area contributed by atoms with E-state index in [9.17, 15) is 0 Å². The van der Waals surface area contributed by atoms with E-state index in [4.69, 9.17) is 11.6 Å². The predicted molar refractivity (Wildman–Crippen MR) is 66.3 cm³/mol. The Bertz CT molecular complexity index is 480. The summed E-state index contributed by atoms with van der Waals surface area (Å²) in [5.41, 5.74) is 2.01. The van der Waals surface area contributed by atoms with Gasteiger partial charge in [-0.05, 0) is 57.1 Å². The minimum Gasteiger partial charge on any atom is -0.277 e. The van der Waals surface area contributed by atoms with Crippen molar-refractivity contribution in [2.75, 3.05) is 0 Å². The van der Waals surface area contributed by atoms with E-state index in [1.807, 2.05) is 13.0 Å². The number of halogens is 3. The molecule has 0 aliphatic carbocycles. The molecule has 0 bridgehead atoms. The summed E-state index contributed by atoms with van der Waals surface area (Å²) in [7, 11) is 0. The molecule has 68 valence electrons. The maximum Gasteiger partial charge on any atom is 0.132 e. The maximum atomic E-state index is 6.02. The number of H-pyrrole nitrogens is 1. The van der Waals surface area contributed by atoms with Crippen LogP contribution in [0.2, 0.25) is 5.02 Å². The summed E-state index contributed by atoms with van der Waals surface area (Å²) < 4.78 is 1.98. The smallest absolute Gasteiger partial charge is 0.132 e. The van der Waals surface area contributed by atoms with Gasteiger partial charge in [0.25, 0.3) is 0 Å². The van der Waals surface area contributed by atoms with Crippen LogP contribution in [0.4, 0.5) is 0 Å². The Morgan fingerprint density at radius 3 is 3.00 bits per heavy atom. The minimum absolute atomic E-state index is 0.749. The van der Waals surface area contributed by atoms with Gasteiger partial charge in [0.15, 0.2) is 0 Å². The van der Waals surface area contributed by atoms with Crippen LogP contribution < -0.4 is 0 Å². The second-order valence-corrected chi connectivity index (χ2v) is 4.96. The molecule has 1 N–H and O–H groups in total. The van der Waals surface area contributed by atoms with Gasteiger partial charge >= 0.3 is 0 Å². The highest BCUT2D eigenvalue weighted by molar-refractivity contribution is 14.1. The number of hydrogen-bond donors (Lipinski definition) is 1. The van der Waals surface area contributed by atoms with Crippen LogP contribution >= 0.6 is 50.1 Å². The van der Waals surface area contributed by atoms with Gasteiger partial charge in [-0.25, -0.2) is 0 Å². The van der Waals surface area contributed by atoms with Gasteiger partial charge in [-0.15, -0.1) is 0 Å². The monoisotopic (exact) mass is 370 g/mol. The average molecular weight is 371 g/mol. The zero-order valence-corrected chi connectivity index (χ0v) is 11.2. The van der Waals surface area contributed by atoms with E-state index in [0.29, 0.717) is 0 Å². The van der Waals surface area contributed by atoms with Crippen LogP contribution in [0.3, 0.4) is 0 Å². The second kappa shape index (κ2) is 3.40. The molecule has 2 nitrogen and oxygen atoms in total. The molecular weight excluding hydrogens is 366 g/mol. The predicted octanol–water partition coefficient (Wildman–Crippen LogP) is 3.89. The van der Waals surface area contributed by atoms with Gasteiger partial charge in [0.1, 0.15) is 3.70 Å². The molecule has 1 aromatic heterocycles. The number of fused-ring (bicyclic) bond motifs is 1. The molecule has 0 saturated carbocycles. The highest BCUT2D eigenvalue weighted by Crippen LogP contribution is 2.33. The lowest BCUT2D eigenvalue weighted by Crippen LogP contribution is -1.80. The zero-order chi connectivity index (χ0) is 9.59. The van der Waals surface area contributed by atoms with Crippen LogP contribution in [-0.4, -0.2) is 10.2 Å². The fourth-order valence-electron chi connectivity index (χ4n) is 1.17. The Labute approximate surface area is 102 Å². The normalized spacial score (nSPS) is 11.1. The van der Waals surface area contributed by atoms with Crippen LogP contribution in [-0.2, 0) is 0 Å². The molecule has 0 aliphatic heterocycles. The minimum atomic E-state index is 0.749. The van der Waals surface area contributed by atoms with E-state index >= 15 is 0 Å². The third-order valence-electron chi connectivity index (χ3n) is 1.93. The fraction of sp³-hybridized carbons (Fsp3) is 0.125. The van der Waals surface area contributed by atoms with Crippen molar-refractivity contribution in [3.8, 4) is 0 Å². The fourth-order valence-corrected chi connectivity index (χ4v) is 3.16. The molecule has 13 heavy (non-hydrogen) atoms. The topological polar surface area (TPSA) is 28.7 Å². The highest BCUT2D eigenvalue weighted by atomic mass is 127. The van der Waals surface area contributed by atoms with Crippen molar-refractivity contribution in [1.29, 1.82) is 0 Å². The second-order valence-electron chi connectivity index (χ2n) is 2.73. The lowest BCUT2D eigenvalue weighted by atomic mass is 10.2. The van der Waals surface area contributed by atoms with E-state index in [2.05, 4.69) is 48.7 Å². The third-order valence-corrected chi connectivity index (χ3v) is 4.09. The first-order valence-electron chi connectivity index (χ1n) is 3.59. The Morgan fingerprint density at radius 2 is 2.31 bits per heavy atom. The van der Waals surface area contributed by atoms with Gasteiger partial charge in [-0.1, -0.05) is 11.6 Å². The lowest BCUT2D eigenvalue weighted by Gasteiger charge is -2.02. The van der Waals surface area contributed by atoms with Gasteiger partial charge in [0.05, 0.1) is 5.52 Å². The molecule has 0 atom stereocenters. The Balaban J connectivity index is 2.97. The van der Waals surface area contributed by atoms with Gasteiger partial charge in [-0.3, -0.25) is 5.10 Å². The molecule has 1 heterocycles.